The molecule has 0 aromatic heterocycles. The van der Waals surface area contributed by atoms with Crippen molar-refractivity contribution in [2.75, 3.05) is 18.8 Å². The Bertz CT molecular complexity index is 752. The number of rotatable bonds is 7. The molecule has 1 saturated heterocycles. The lowest BCUT2D eigenvalue weighted by Gasteiger charge is -2.25. The van der Waals surface area contributed by atoms with Crippen LogP contribution in [-0.4, -0.2) is 37.5 Å². The van der Waals surface area contributed by atoms with Crippen LogP contribution in [0.4, 0.5) is 0 Å². The van der Waals surface area contributed by atoms with E-state index in [1.165, 1.54) is 42.0 Å². The third-order valence-corrected chi connectivity index (χ3v) is 8.10. The summed E-state index contributed by atoms with van der Waals surface area (Å²) in [7, 11) is -3.14. The Labute approximate surface area is 169 Å². The Kier molecular flexibility index (Phi) is 7.15. The minimum atomic E-state index is -3.14. The molecule has 1 aromatic rings. The van der Waals surface area contributed by atoms with Gasteiger partial charge in [-0.2, -0.15) is 0 Å². The second-order valence-electron chi connectivity index (χ2n) is 8.61. The standard InChI is InChI=1S/C22H34N2O3S/c1-17(2)22(23-21(25)13-15-24-14-6-16-28(24,26)27)20-11-9-19(10-12-20)18-7-4-3-5-8-18/h9-12,17-18,22H,3-8,13-16H2,1-2H3,(H,23,25). The highest BCUT2D eigenvalue weighted by molar-refractivity contribution is 7.89. The summed E-state index contributed by atoms with van der Waals surface area (Å²) >= 11 is 0. The predicted octanol–water partition coefficient (Wildman–Crippen LogP) is 3.97. The number of hydrogen-bond donors (Lipinski definition) is 1. The van der Waals surface area contributed by atoms with E-state index < -0.39 is 10.0 Å². The lowest BCUT2D eigenvalue weighted by atomic mass is 9.83. The maximum atomic E-state index is 12.5. The third-order valence-electron chi connectivity index (χ3n) is 6.15. The molecule has 1 unspecified atom stereocenters. The first kappa shape index (κ1) is 21.3. The average Bonchev–Trinajstić information content (AvgIpc) is 3.03. The molecule has 2 fully saturated rings. The molecule has 1 heterocycles. The molecule has 3 rings (SSSR count). The number of benzene rings is 1. The highest BCUT2D eigenvalue weighted by Gasteiger charge is 2.28. The lowest BCUT2D eigenvalue weighted by molar-refractivity contribution is -0.122. The molecule has 1 N–H and O–H groups in total. The van der Waals surface area contributed by atoms with Crippen LogP contribution < -0.4 is 5.32 Å². The zero-order valence-electron chi connectivity index (χ0n) is 17.2. The maximum Gasteiger partial charge on any atom is 0.221 e. The van der Waals surface area contributed by atoms with Crippen molar-refractivity contribution in [1.29, 1.82) is 0 Å². The van der Waals surface area contributed by atoms with Crippen LogP contribution in [0.25, 0.3) is 0 Å². The van der Waals surface area contributed by atoms with E-state index in [4.69, 9.17) is 0 Å². The molecule has 1 aromatic carbocycles. The Morgan fingerprint density at radius 1 is 1.11 bits per heavy atom. The van der Waals surface area contributed by atoms with Gasteiger partial charge in [0.05, 0.1) is 11.8 Å². The van der Waals surface area contributed by atoms with Gasteiger partial charge in [-0.3, -0.25) is 4.79 Å². The van der Waals surface area contributed by atoms with Crippen molar-refractivity contribution < 1.29 is 13.2 Å². The van der Waals surface area contributed by atoms with Crippen molar-refractivity contribution in [3.8, 4) is 0 Å². The molecule has 5 nitrogen and oxygen atoms in total. The van der Waals surface area contributed by atoms with Crippen LogP contribution >= 0.6 is 0 Å². The molecule has 6 heteroatoms. The zero-order valence-corrected chi connectivity index (χ0v) is 18.0. The van der Waals surface area contributed by atoms with Crippen LogP contribution in [0.2, 0.25) is 0 Å². The minimum absolute atomic E-state index is 0.0527. The van der Waals surface area contributed by atoms with E-state index in [2.05, 4.69) is 43.4 Å². The fourth-order valence-electron chi connectivity index (χ4n) is 4.46. The predicted molar refractivity (Wildman–Crippen MR) is 113 cm³/mol. The van der Waals surface area contributed by atoms with Crippen LogP contribution in [0.15, 0.2) is 24.3 Å². The second kappa shape index (κ2) is 9.40. The highest BCUT2D eigenvalue weighted by atomic mass is 32.2. The Hall–Kier alpha value is -1.40. The first-order chi connectivity index (χ1) is 13.4. The van der Waals surface area contributed by atoms with Gasteiger partial charge in [0.1, 0.15) is 0 Å². The van der Waals surface area contributed by atoms with Gasteiger partial charge in [0.2, 0.25) is 15.9 Å². The number of hydrogen-bond acceptors (Lipinski definition) is 3. The first-order valence-corrected chi connectivity index (χ1v) is 12.3. The van der Waals surface area contributed by atoms with Crippen molar-refractivity contribution in [3.05, 3.63) is 35.4 Å². The minimum Gasteiger partial charge on any atom is -0.349 e. The van der Waals surface area contributed by atoms with E-state index in [1.54, 1.807) is 0 Å². The molecule has 1 saturated carbocycles. The molecule has 28 heavy (non-hydrogen) atoms. The Morgan fingerprint density at radius 3 is 2.36 bits per heavy atom. The van der Waals surface area contributed by atoms with Gasteiger partial charge in [0.15, 0.2) is 0 Å². The average molecular weight is 407 g/mol. The van der Waals surface area contributed by atoms with E-state index in [0.717, 1.165) is 5.56 Å². The molecule has 156 valence electrons. The number of nitrogens with one attached hydrogen (secondary N) is 1. The molecule has 0 radical (unpaired) electrons. The summed E-state index contributed by atoms with van der Waals surface area (Å²) in [5, 5.41) is 3.12. The van der Waals surface area contributed by atoms with E-state index >= 15 is 0 Å². The van der Waals surface area contributed by atoms with Gasteiger partial charge >= 0.3 is 0 Å². The zero-order chi connectivity index (χ0) is 20.1. The molecular formula is C22H34N2O3S. The van der Waals surface area contributed by atoms with E-state index in [1.807, 2.05) is 0 Å². The van der Waals surface area contributed by atoms with E-state index in [-0.39, 0.29) is 36.6 Å². The van der Waals surface area contributed by atoms with Gasteiger partial charge in [-0.1, -0.05) is 57.4 Å². The first-order valence-electron chi connectivity index (χ1n) is 10.7. The van der Waals surface area contributed by atoms with Crippen molar-refractivity contribution >= 4 is 15.9 Å². The fraction of sp³-hybridized carbons (Fsp3) is 0.682. The second-order valence-corrected chi connectivity index (χ2v) is 10.7. The summed E-state index contributed by atoms with van der Waals surface area (Å²) in [5.41, 5.74) is 2.54. The van der Waals surface area contributed by atoms with E-state index in [9.17, 15) is 13.2 Å². The van der Waals surface area contributed by atoms with Gasteiger partial charge < -0.3 is 5.32 Å². The number of carbonyl (C=O) groups is 1. The maximum absolute atomic E-state index is 12.5. The molecular weight excluding hydrogens is 372 g/mol. The number of amides is 1. The van der Waals surface area contributed by atoms with Crippen LogP contribution in [0, 0.1) is 5.92 Å². The molecule has 1 aliphatic heterocycles. The number of nitrogens with zero attached hydrogens (tertiary/aromatic N) is 1. The van der Waals surface area contributed by atoms with Crippen LogP contribution in [0.1, 0.15) is 81.9 Å². The monoisotopic (exact) mass is 406 g/mol. The van der Waals surface area contributed by atoms with Crippen molar-refractivity contribution in [2.24, 2.45) is 5.92 Å². The van der Waals surface area contributed by atoms with Gasteiger partial charge in [-0.05, 0) is 42.2 Å². The summed E-state index contributed by atoms with van der Waals surface area (Å²) in [6.07, 6.45) is 7.43. The van der Waals surface area contributed by atoms with E-state index in [0.29, 0.717) is 18.9 Å². The van der Waals surface area contributed by atoms with Crippen LogP contribution in [0.5, 0.6) is 0 Å². The largest absolute Gasteiger partial charge is 0.349 e. The summed E-state index contributed by atoms with van der Waals surface area (Å²) in [5.74, 6) is 1.06. The lowest BCUT2D eigenvalue weighted by Crippen LogP contribution is -2.35. The van der Waals surface area contributed by atoms with Crippen molar-refractivity contribution in [2.45, 2.75) is 70.8 Å². The number of carbonyl (C=O) groups excluding carboxylic acids is 1. The SMILES string of the molecule is CC(C)C(NC(=O)CCN1CCCS1(=O)=O)c1ccc(C2CCCCC2)cc1. The Morgan fingerprint density at radius 2 is 1.79 bits per heavy atom. The molecule has 1 aliphatic carbocycles. The van der Waals surface area contributed by atoms with Crippen LogP contribution in [-0.2, 0) is 14.8 Å². The fourth-order valence-corrected chi connectivity index (χ4v) is 5.99. The molecule has 0 bridgehead atoms. The summed E-state index contributed by atoms with van der Waals surface area (Å²) < 4.78 is 25.2. The van der Waals surface area contributed by atoms with Crippen molar-refractivity contribution in [1.82, 2.24) is 9.62 Å². The molecule has 1 amide bonds. The Balaban J connectivity index is 1.58. The van der Waals surface area contributed by atoms with Crippen molar-refractivity contribution in [3.63, 3.8) is 0 Å². The smallest absolute Gasteiger partial charge is 0.221 e. The topological polar surface area (TPSA) is 66.5 Å². The molecule has 0 spiro atoms. The third kappa shape index (κ3) is 5.35. The van der Waals surface area contributed by atoms with Gasteiger partial charge in [0.25, 0.3) is 0 Å². The number of sulfonamides is 1. The quantitative estimate of drug-likeness (QED) is 0.745. The summed E-state index contributed by atoms with van der Waals surface area (Å²) in [6.45, 7) is 5.02. The van der Waals surface area contributed by atoms with Crippen LogP contribution in [0.3, 0.4) is 0 Å². The summed E-state index contributed by atoms with van der Waals surface area (Å²) in [6, 6.07) is 8.70. The van der Waals surface area contributed by atoms with Gasteiger partial charge in [0, 0.05) is 19.5 Å². The molecule has 1 atom stereocenters. The summed E-state index contributed by atoms with van der Waals surface area (Å²) in [4.78, 5) is 12.5. The van der Waals surface area contributed by atoms with Gasteiger partial charge in [-0.25, -0.2) is 12.7 Å². The molecule has 2 aliphatic rings. The normalized spacial score (nSPS) is 21.7. The van der Waals surface area contributed by atoms with Gasteiger partial charge in [-0.15, -0.1) is 0 Å². The highest BCUT2D eigenvalue weighted by Crippen LogP contribution is 2.33.